The van der Waals surface area contributed by atoms with Crippen molar-refractivity contribution in [3.63, 3.8) is 0 Å². The minimum Gasteiger partial charge on any atom is -0.507 e. The molecule has 46 heavy (non-hydrogen) atoms. The summed E-state index contributed by atoms with van der Waals surface area (Å²) in [6.45, 7) is 5.61. The molecule has 0 saturated carbocycles. The summed E-state index contributed by atoms with van der Waals surface area (Å²) in [4.78, 5) is 0. The molecule has 14 heteroatoms. The SMILES string of the molecule is Cc1cc(-c2cc(C(F)(F)F)cc(C(F)(F)F)c2)c(O)c(-c2c(C)c(C)cc(-c3cc(C(F)(F)F)cc(C(F)(F)F)c3)c2O)c1C. The summed E-state index contributed by atoms with van der Waals surface area (Å²) in [6.07, 6.45) is -20.9. The van der Waals surface area contributed by atoms with Crippen molar-refractivity contribution in [2.24, 2.45) is 0 Å². The molecule has 0 aliphatic carbocycles. The number of hydrogen-bond donors (Lipinski definition) is 2. The molecule has 4 aromatic rings. The van der Waals surface area contributed by atoms with Crippen LogP contribution >= 0.6 is 0 Å². The van der Waals surface area contributed by atoms with E-state index in [-0.39, 0.29) is 45.5 Å². The first-order valence-corrected chi connectivity index (χ1v) is 13.1. The number of hydrogen-bond acceptors (Lipinski definition) is 2. The molecule has 246 valence electrons. The smallest absolute Gasteiger partial charge is 0.416 e. The van der Waals surface area contributed by atoms with E-state index in [2.05, 4.69) is 0 Å². The summed E-state index contributed by atoms with van der Waals surface area (Å²) in [6, 6.07) is 3.59. The van der Waals surface area contributed by atoms with Crippen LogP contribution in [0.15, 0.2) is 48.5 Å². The van der Waals surface area contributed by atoms with Crippen molar-refractivity contribution >= 4 is 0 Å². The number of alkyl halides is 12. The van der Waals surface area contributed by atoms with E-state index < -0.39 is 80.7 Å². The van der Waals surface area contributed by atoms with Crippen LogP contribution in [0.3, 0.4) is 0 Å². The molecule has 0 aliphatic heterocycles. The topological polar surface area (TPSA) is 40.5 Å². The highest BCUT2D eigenvalue weighted by Gasteiger charge is 2.39. The quantitative estimate of drug-likeness (QED) is 0.214. The Morgan fingerprint density at radius 2 is 0.630 bits per heavy atom. The van der Waals surface area contributed by atoms with E-state index in [4.69, 9.17) is 0 Å². The number of aryl methyl sites for hydroxylation is 2. The molecule has 0 spiro atoms. The van der Waals surface area contributed by atoms with E-state index in [1.165, 1.54) is 27.7 Å². The van der Waals surface area contributed by atoms with E-state index in [0.717, 1.165) is 12.1 Å². The highest BCUT2D eigenvalue weighted by atomic mass is 19.4. The molecule has 0 fully saturated rings. The first kappa shape index (κ1) is 34.5. The highest BCUT2D eigenvalue weighted by molar-refractivity contribution is 5.93. The summed E-state index contributed by atoms with van der Waals surface area (Å²) < 4.78 is 163. The van der Waals surface area contributed by atoms with Crippen LogP contribution in [0, 0.1) is 27.7 Å². The Balaban J connectivity index is 2.10. The highest BCUT2D eigenvalue weighted by Crippen LogP contribution is 2.51. The molecule has 0 heterocycles. The number of halogens is 12. The Hall–Kier alpha value is -4.36. The van der Waals surface area contributed by atoms with Gasteiger partial charge in [-0.1, -0.05) is 0 Å². The molecule has 0 saturated heterocycles. The fraction of sp³-hybridized carbons (Fsp3) is 0.250. The van der Waals surface area contributed by atoms with Crippen molar-refractivity contribution in [3.05, 3.63) is 93.0 Å². The lowest BCUT2D eigenvalue weighted by atomic mass is 9.84. The van der Waals surface area contributed by atoms with E-state index in [1.54, 1.807) is 0 Å². The van der Waals surface area contributed by atoms with E-state index in [9.17, 15) is 62.9 Å². The van der Waals surface area contributed by atoms with Crippen molar-refractivity contribution < 1.29 is 62.9 Å². The van der Waals surface area contributed by atoms with Crippen molar-refractivity contribution in [1.82, 2.24) is 0 Å². The lowest BCUT2D eigenvalue weighted by Crippen LogP contribution is -2.11. The zero-order valence-electron chi connectivity index (χ0n) is 24.0. The first-order valence-electron chi connectivity index (χ1n) is 13.1. The average molecular weight is 667 g/mol. The average Bonchev–Trinajstić information content (AvgIpc) is 2.92. The van der Waals surface area contributed by atoms with Crippen LogP contribution in [0.2, 0.25) is 0 Å². The van der Waals surface area contributed by atoms with Gasteiger partial charge in [0.15, 0.2) is 0 Å². The second-order valence-electron chi connectivity index (χ2n) is 10.8. The van der Waals surface area contributed by atoms with E-state index >= 15 is 0 Å². The number of phenols is 2. The summed E-state index contributed by atoms with van der Waals surface area (Å²) in [7, 11) is 0. The second-order valence-corrected chi connectivity index (χ2v) is 10.8. The normalized spacial score (nSPS) is 13.0. The minimum absolute atomic E-state index is 0.102. The van der Waals surface area contributed by atoms with Gasteiger partial charge in [0.2, 0.25) is 0 Å². The maximum absolute atomic E-state index is 13.6. The zero-order valence-corrected chi connectivity index (χ0v) is 24.0. The van der Waals surface area contributed by atoms with Crippen LogP contribution in [0.1, 0.15) is 44.5 Å². The molecular weight excluding hydrogens is 644 g/mol. The maximum Gasteiger partial charge on any atom is 0.416 e. The van der Waals surface area contributed by atoms with Crippen LogP contribution in [0.4, 0.5) is 52.7 Å². The van der Waals surface area contributed by atoms with Gasteiger partial charge in [0.1, 0.15) is 11.5 Å². The van der Waals surface area contributed by atoms with Crippen molar-refractivity contribution in [1.29, 1.82) is 0 Å². The monoisotopic (exact) mass is 666 g/mol. The van der Waals surface area contributed by atoms with Crippen LogP contribution in [0.5, 0.6) is 11.5 Å². The second kappa shape index (κ2) is 11.2. The van der Waals surface area contributed by atoms with Crippen LogP contribution in [0.25, 0.3) is 33.4 Å². The Kier molecular flexibility index (Phi) is 8.37. The molecule has 0 unspecified atom stereocenters. The lowest BCUT2D eigenvalue weighted by Gasteiger charge is -2.22. The third-order valence-corrected chi connectivity index (χ3v) is 7.69. The molecular formula is C32H22F12O2. The number of phenolic OH excluding ortho intramolecular Hbond substituents is 2. The van der Waals surface area contributed by atoms with Gasteiger partial charge >= 0.3 is 24.7 Å². The van der Waals surface area contributed by atoms with Gasteiger partial charge in [-0.15, -0.1) is 0 Å². The molecule has 0 aliphatic rings. The molecule has 0 aromatic heterocycles. The Labute approximate surface area is 253 Å². The predicted octanol–water partition coefficient (Wildman–Crippen LogP) is 11.4. The maximum atomic E-state index is 13.6. The molecule has 0 amide bonds. The van der Waals surface area contributed by atoms with Gasteiger partial charge in [-0.25, -0.2) is 0 Å². The Morgan fingerprint density at radius 3 is 0.848 bits per heavy atom. The molecule has 0 atom stereocenters. The van der Waals surface area contributed by atoms with Gasteiger partial charge in [0, 0.05) is 22.3 Å². The molecule has 0 bridgehead atoms. The number of rotatable bonds is 3. The summed E-state index contributed by atoms with van der Waals surface area (Å²) in [5.41, 5.74) is -8.91. The Morgan fingerprint density at radius 1 is 0.391 bits per heavy atom. The minimum atomic E-state index is -5.21. The fourth-order valence-electron chi connectivity index (χ4n) is 5.08. The largest absolute Gasteiger partial charge is 0.507 e. The summed E-state index contributed by atoms with van der Waals surface area (Å²) >= 11 is 0. The van der Waals surface area contributed by atoms with Crippen LogP contribution in [-0.4, -0.2) is 10.2 Å². The van der Waals surface area contributed by atoms with Crippen LogP contribution < -0.4 is 0 Å². The third-order valence-electron chi connectivity index (χ3n) is 7.69. The molecule has 0 radical (unpaired) electrons. The molecule has 2 nitrogen and oxygen atoms in total. The number of aromatic hydroxyl groups is 2. The van der Waals surface area contributed by atoms with Crippen molar-refractivity contribution in [2.45, 2.75) is 52.4 Å². The van der Waals surface area contributed by atoms with Gasteiger partial charge < -0.3 is 10.2 Å². The van der Waals surface area contributed by atoms with E-state index in [1.807, 2.05) is 0 Å². The van der Waals surface area contributed by atoms with Crippen molar-refractivity contribution in [2.75, 3.05) is 0 Å². The third kappa shape index (κ3) is 6.47. The number of benzene rings is 4. The van der Waals surface area contributed by atoms with Gasteiger partial charge in [-0.2, -0.15) is 52.7 Å². The van der Waals surface area contributed by atoms with E-state index in [0.29, 0.717) is 24.3 Å². The molecule has 2 N–H and O–H groups in total. The molecule has 4 aromatic carbocycles. The summed E-state index contributed by atoms with van der Waals surface area (Å²) in [5.74, 6) is -1.77. The molecule has 4 rings (SSSR count). The standard InChI is InChI=1S/C32H22F12O2/c1-13-5-23(17-7-19(29(33,34)35)11-20(8-17)30(36,37)38)27(45)25(15(13)3)26-16(4)14(2)6-24(28(26)46)18-9-21(31(39,40)41)12-22(10-18)32(42,43)44/h5-12,45-46H,1-4H3. The lowest BCUT2D eigenvalue weighted by molar-refractivity contribution is -0.144. The van der Waals surface area contributed by atoms with Crippen molar-refractivity contribution in [3.8, 4) is 44.9 Å². The first-order chi connectivity index (χ1) is 20.8. The van der Waals surface area contributed by atoms with Crippen LogP contribution in [-0.2, 0) is 24.7 Å². The Bertz CT molecular complexity index is 1640. The zero-order chi connectivity index (χ0) is 34.9. The van der Waals surface area contributed by atoms with Gasteiger partial charge in [-0.3, -0.25) is 0 Å². The summed E-state index contributed by atoms with van der Waals surface area (Å²) in [5, 5.41) is 22.8. The predicted molar refractivity (Wildman–Crippen MR) is 145 cm³/mol. The van der Waals surface area contributed by atoms with Gasteiger partial charge in [0.05, 0.1) is 22.3 Å². The van der Waals surface area contributed by atoms with Gasteiger partial charge in [0.25, 0.3) is 0 Å². The van der Waals surface area contributed by atoms with Gasteiger partial charge in [-0.05, 0) is 110 Å². The fourth-order valence-corrected chi connectivity index (χ4v) is 5.08.